The molecule has 0 heterocycles. The smallest absolute Gasteiger partial charge is 0.434 e. The molecule has 0 amide bonds. The molecular formula is C12H15NO5. The van der Waals surface area contributed by atoms with E-state index in [0.29, 0.717) is 12.2 Å². The van der Waals surface area contributed by atoms with Gasteiger partial charge in [0.05, 0.1) is 11.5 Å². The number of carbonyl (C=O) groups excluding carboxylic acids is 1. The summed E-state index contributed by atoms with van der Waals surface area (Å²) in [5.74, 6) is 0. The van der Waals surface area contributed by atoms with Crippen LogP contribution in [-0.2, 0) is 16.1 Å². The van der Waals surface area contributed by atoms with Gasteiger partial charge >= 0.3 is 6.16 Å². The fraction of sp³-hybridized carbons (Fsp3) is 0.417. The van der Waals surface area contributed by atoms with Crippen LogP contribution in [0.2, 0.25) is 0 Å². The monoisotopic (exact) mass is 253 g/mol. The lowest BCUT2D eigenvalue weighted by Gasteiger charge is -2.05. The highest BCUT2D eigenvalue weighted by Crippen LogP contribution is 2.12. The van der Waals surface area contributed by atoms with Crippen molar-refractivity contribution in [3.63, 3.8) is 0 Å². The van der Waals surface area contributed by atoms with Gasteiger partial charge in [-0.2, -0.15) is 0 Å². The molecule has 1 rings (SSSR count). The number of hydrogen-bond acceptors (Lipinski definition) is 5. The third-order valence-corrected chi connectivity index (χ3v) is 2.22. The number of nitrogens with zero attached hydrogens (tertiary/aromatic N) is 1. The normalized spacial score (nSPS) is 9.83. The molecule has 0 saturated carbocycles. The molecule has 0 unspecified atom stereocenters. The number of nitro groups is 1. The molecule has 0 aliphatic rings. The van der Waals surface area contributed by atoms with E-state index in [0.717, 1.165) is 12.8 Å². The maximum absolute atomic E-state index is 11.1. The summed E-state index contributed by atoms with van der Waals surface area (Å²) in [5.41, 5.74) is 0.678. The van der Waals surface area contributed by atoms with Crippen LogP contribution >= 0.6 is 0 Å². The summed E-state index contributed by atoms with van der Waals surface area (Å²) in [6, 6.07) is 5.80. The summed E-state index contributed by atoms with van der Waals surface area (Å²) in [4.78, 5) is 21.1. The van der Waals surface area contributed by atoms with Gasteiger partial charge in [-0.3, -0.25) is 10.1 Å². The van der Waals surface area contributed by atoms with Crippen molar-refractivity contribution in [2.24, 2.45) is 0 Å². The zero-order valence-corrected chi connectivity index (χ0v) is 10.1. The molecule has 1 aromatic rings. The molecule has 6 nitrogen and oxygen atoms in total. The average molecular weight is 253 g/mol. The number of carbonyl (C=O) groups is 1. The predicted octanol–water partition coefficient (Wildman–Crippen LogP) is 3.05. The Labute approximate surface area is 105 Å². The van der Waals surface area contributed by atoms with Gasteiger partial charge in [0.25, 0.3) is 5.69 Å². The van der Waals surface area contributed by atoms with Gasteiger partial charge in [0.15, 0.2) is 0 Å². The molecule has 0 bridgehead atoms. The van der Waals surface area contributed by atoms with Crippen LogP contribution in [0.4, 0.5) is 10.5 Å². The van der Waals surface area contributed by atoms with Crippen molar-refractivity contribution in [1.29, 1.82) is 0 Å². The van der Waals surface area contributed by atoms with Crippen LogP contribution < -0.4 is 0 Å². The molecule has 0 aliphatic heterocycles. The van der Waals surface area contributed by atoms with E-state index in [-0.39, 0.29) is 12.3 Å². The zero-order chi connectivity index (χ0) is 13.4. The number of unbranched alkanes of at least 4 members (excludes halogenated alkanes) is 1. The van der Waals surface area contributed by atoms with E-state index in [1.54, 1.807) is 0 Å². The van der Waals surface area contributed by atoms with Gasteiger partial charge in [-0.1, -0.05) is 13.3 Å². The van der Waals surface area contributed by atoms with Crippen LogP contribution in [0.25, 0.3) is 0 Å². The van der Waals surface area contributed by atoms with Gasteiger partial charge in [0.2, 0.25) is 0 Å². The number of benzene rings is 1. The molecule has 0 saturated heterocycles. The number of non-ortho nitro benzene ring substituents is 1. The first-order valence-electron chi connectivity index (χ1n) is 5.66. The summed E-state index contributed by atoms with van der Waals surface area (Å²) in [5, 5.41) is 10.4. The molecule has 0 spiro atoms. The Morgan fingerprint density at radius 1 is 1.28 bits per heavy atom. The van der Waals surface area contributed by atoms with Gasteiger partial charge in [-0.05, 0) is 24.1 Å². The summed E-state index contributed by atoms with van der Waals surface area (Å²) < 4.78 is 9.64. The van der Waals surface area contributed by atoms with Crippen molar-refractivity contribution in [1.82, 2.24) is 0 Å². The standard InChI is InChI=1S/C12H15NO5/c1-2-3-8-17-12(14)18-9-10-4-6-11(7-5-10)13(15)16/h4-7H,2-3,8-9H2,1H3. The molecule has 6 heteroatoms. The Morgan fingerprint density at radius 2 is 1.94 bits per heavy atom. The van der Waals surface area contributed by atoms with Gasteiger partial charge in [-0.25, -0.2) is 4.79 Å². The summed E-state index contributed by atoms with van der Waals surface area (Å²) in [6.07, 6.45) is 1.02. The molecule has 0 radical (unpaired) electrons. The van der Waals surface area contributed by atoms with Crippen molar-refractivity contribution in [3.8, 4) is 0 Å². The Kier molecular flexibility index (Phi) is 5.63. The molecule has 18 heavy (non-hydrogen) atoms. The average Bonchev–Trinajstić information content (AvgIpc) is 2.37. The minimum absolute atomic E-state index is 0.00396. The summed E-state index contributed by atoms with van der Waals surface area (Å²) in [6.45, 7) is 2.38. The van der Waals surface area contributed by atoms with Gasteiger partial charge in [0.1, 0.15) is 6.61 Å². The quantitative estimate of drug-likeness (QED) is 0.337. The first-order valence-corrected chi connectivity index (χ1v) is 5.66. The van der Waals surface area contributed by atoms with Crippen LogP contribution in [0, 0.1) is 10.1 Å². The predicted molar refractivity (Wildman–Crippen MR) is 64.1 cm³/mol. The van der Waals surface area contributed by atoms with Crippen molar-refractivity contribution >= 4 is 11.8 Å². The number of nitro benzene ring substituents is 1. The lowest BCUT2D eigenvalue weighted by molar-refractivity contribution is -0.384. The van der Waals surface area contributed by atoms with Crippen LogP contribution in [0.15, 0.2) is 24.3 Å². The molecular weight excluding hydrogens is 238 g/mol. The second kappa shape index (κ2) is 7.26. The van der Waals surface area contributed by atoms with E-state index in [1.807, 2.05) is 6.92 Å². The fourth-order valence-electron chi connectivity index (χ4n) is 1.20. The van der Waals surface area contributed by atoms with Gasteiger partial charge < -0.3 is 9.47 Å². The van der Waals surface area contributed by atoms with E-state index in [9.17, 15) is 14.9 Å². The molecule has 0 fully saturated rings. The number of rotatable bonds is 6. The van der Waals surface area contributed by atoms with E-state index in [1.165, 1.54) is 24.3 Å². The molecule has 1 aromatic carbocycles. The van der Waals surface area contributed by atoms with E-state index >= 15 is 0 Å². The van der Waals surface area contributed by atoms with Crippen molar-refractivity contribution in [3.05, 3.63) is 39.9 Å². The maximum atomic E-state index is 11.1. The van der Waals surface area contributed by atoms with Crippen LogP contribution in [0.1, 0.15) is 25.3 Å². The highest BCUT2D eigenvalue weighted by atomic mass is 16.7. The van der Waals surface area contributed by atoms with Crippen molar-refractivity contribution in [2.45, 2.75) is 26.4 Å². The van der Waals surface area contributed by atoms with E-state index in [4.69, 9.17) is 9.47 Å². The third-order valence-electron chi connectivity index (χ3n) is 2.22. The minimum Gasteiger partial charge on any atom is -0.434 e. The lowest BCUT2D eigenvalue weighted by atomic mass is 10.2. The highest BCUT2D eigenvalue weighted by Gasteiger charge is 2.06. The number of hydrogen-bond donors (Lipinski definition) is 0. The highest BCUT2D eigenvalue weighted by molar-refractivity contribution is 5.59. The molecule has 0 N–H and O–H groups in total. The Balaban J connectivity index is 2.34. The Bertz CT molecular complexity index is 401. The number of ether oxygens (including phenoxy) is 2. The van der Waals surface area contributed by atoms with Crippen molar-refractivity contribution < 1.29 is 19.2 Å². The second-order valence-corrected chi connectivity index (χ2v) is 3.66. The van der Waals surface area contributed by atoms with Gasteiger partial charge in [0, 0.05) is 12.1 Å². The van der Waals surface area contributed by atoms with Crippen molar-refractivity contribution in [2.75, 3.05) is 6.61 Å². The van der Waals surface area contributed by atoms with Crippen LogP contribution in [0.3, 0.4) is 0 Å². The van der Waals surface area contributed by atoms with Crippen LogP contribution in [-0.4, -0.2) is 17.7 Å². The van der Waals surface area contributed by atoms with Crippen LogP contribution in [0.5, 0.6) is 0 Å². The largest absolute Gasteiger partial charge is 0.508 e. The molecule has 0 aromatic heterocycles. The molecule has 98 valence electrons. The van der Waals surface area contributed by atoms with Gasteiger partial charge in [-0.15, -0.1) is 0 Å². The van der Waals surface area contributed by atoms with E-state index in [2.05, 4.69) is 0 Å². The maximum Gasteiger partial charge on any atom is 0.508 e. The van der Waals surface area contributed by atoms with E-state index < -0.39 is 11.1 Å². The summed E-state index contributed by atoms with van der Waals surface area (Å²) in [7, 11) is 0. The second-order valence-electron chi connectivity index (χ2n) is 3.66. The third kappa shape index (κ3) is 4.82. The summed E-state index contributed by atoms with van der Waals surface area (Å²) >= 11 is 0. The zero-order valence-electron chi connectivity index (χ0n) is 10.1. The molecule has 0 aliphatic carbocycles. The molecule has 0 atom stereocenters. The first-order chi connectivity index (χ1) is 8.63. The Morgan fingerprint density at radius 3 is 2.50 bits per heavy atom. The SMILES string of the molecule is CCCCOC(=O)OCc1ccc([N+](=O)[O-])cc1. The lowest BCUT2D eigenvalue weighted by Crippen LogP contribution is -2.08. The Hall–Kier alpha value is -2.11. The topological polar surface area (TPSA) is 78.7 Å². The fourth-order valence-corrected chi connectivity index (χ4v) is 1.20. The minimum atomic E-state index is -0.721. The first kappa shape index (κ1) is 14.0.